The molecule has 4 rings (SSSR count). The van der Waals surface area contributed by atoms with Crippen LogP contribution in [0.1, 0.15) is 60.8 Å². The first kappa shape index (κ1) is 27.8. The van der Waals surface area contributed by atoms with Gasteiger partial charge in [-0.05, 0) is 70.7 Å². The van der Waals surface area contributed by atoms with Crippen molar-refractivity contribution in [3.05, 3.63) is 24.3 Å². The van der Waals surface area contributed by atoms with Gasteiger partial charge in [-0.15, -0.1) is 11.8 Å². The minimum atomic E-state index is -0.728. The standard InChI is InChI=1S/C28H41N3O5S/c1-7-17(5)20(15-32)31-23(25(34)29-16(3)4)28-14-13-27(6,37-28)21(22(28)26(31)35)24(33)30-18-9-11-19(12-10-18)36-8-2/h9-12,16-17,20-23,32H,7-8,13-15H2,1-6H3,(H,29,34)(H,30,33)/t17-,20-,21+,22-,23?,27-,28?/m0/s1. The number of hydrogen-bond acceptors (Lipinski definition) is 6. The molecule has 3 fully saturated rings. The Bertz CT molecular complexity index is 1030. The van der Waals surface area contributed by atoms with Crippen LogP contribution in [-0.2, 0) is 14.4 Å². The SMILES string of the molecule is CCOc1ccc(NC(=O)[C@H]2[C@H]3C(=O)N([C@@H](CO)[C@@H](C)CC)C(C(=O)NC(C)C)C34CC[C@]2(C)S4)cc1. The number of fused-ring (bicyclic) bond motifs is 1. The van der Waals surface area contributed by atoms with Crippen LogP contribution in [0.5, 0.6) is 5.75 Å². The number of ether oxygens (including phenoxy) is 1. The summed E-state index contributed by atoms with van der Waals surface area (Å²) in [5.74, 6) is -1.06. The van der Waals surface area contributed by atoms with Crippen LogP contribution in [0.3, 0.4) is 0 Å². The number of nitrogens with one attached hydrogen (secondary N) is 2. The molecule has 3 heterocycles. The van der Waals surface area contributed by atoms with Gasteiger partial charge < -0.3 is 25.4 Å². The summed E-state index contributed by atoms with van der Waals surface area (Å²) >= 11 is 1.64. The normalized spacial score (nSPS) is 31.8. The lowest BCUT2D eigenvalue weighted by Gasteiger charge is -2.39. The fourth-order valence-corrected chi connectivity index (χ4v) is 8.96. The largest absolute Gasteiger partial charge is 0.494 e. The van der Waals surface area contributed by atoms with Crippen LogP contribution in [-0.4, -0.2) is 68.6 Å². The Labute approximate surface area is 224 Å². The molecule has 2 bridgehead atoms. The zero-order chi connectivity index (χ0) is 27.1. The van der Waals surface area contributed by atoms with Crippen molar-refractivity contribution in [1.29, 1.82) is 0 Å². The van der Waals surface area contributed by atoms with E-state index < -0.39 is 33.4 Å². The lowest BCUT2D eigenvalue weighted by molar-refractivity contribution is -0.143. The van der Waals surface area contributed by atoms with Gasteiger partial charge in [-0.25, -0.2) is 0 Å². The number of hydrogen-bond donors (Lipinski definition) is 3. The van der Waals surface area contributed by atoms with Crippen molar-refractivity contribution in [2.45, 2.75) is 88.4 Å². The number of amides is 3. The molecule has 2 unspecified atom stereocenters. The second-order valence-corrected chi connectivity index (χ2v) is 13.1. The molecule has 3 aliphatic rings. The predicted molar refractivity (Wildman–Crippen MR) is 145 cm³/mol. The number of nitrogens with zero attached hydrogens (tertiary/aromatic N) is 1. The third kappa shape index (κ3) is 4.62. The molecule has 0 saturated carbocycles. The molecule has 8 nitrogen and oxygen atoms in total. The summed E-state index contributed by atoms with van der Waals surface area (Å²) in [4.78, 5) is 43.4. The van der Waals surface area contributed by atoms with E-state index in [1.54, 1.807) is 28.8 Å². The quantitative estimate of drug-likeness (QED) is 0.427. The summed E-state index contributed by atoms with van der Waals surface area (Å²) in [5.41, 5.74) is 0.642. The number of benzene rings is 1. The van der Waals surface area contributed by atoms with E-state index in [4.69, 9.17) is 4.74 Å². The van der Waals surface area contributed by atoms with Crippen LogP contribution < -0.4 is 15.4 Å². The molecule has 0 aromatic heterocycles. The highest BCUT2D eigenvalue weighted by molar-refractivity contribution is 8.02. The molecule has 3 amide bonds. The number of likely N-dealkylation sites (tertiary alicyclic amines) is 1. The second-order valence-electron chi connectivity index (χ2n) is 11.2. The number of anilines is 1. The van der Waals surface area contributed by atoms with E-state index >= 15 is 0 Å². The van der Waals surface area contributed by atoms with Gasteiger partial charge in [-0.2, -0.15) is 0 Å². The molecular weight excluding hydrogens is 490 g/mol. The van der Waals surface area contributed by atoms with Crippen molar-refractivity contribution in [1.82, 2.24) is 10.2 Å². The van der Waals surface area contributed by atoms with Gasteiger partial charge in [0.15, 0.2) is 0 Å². The molecule has 3 saturated heterocycles. The van der Waals surface area contributed by atoms with Crippen LogP contribution >= 0.6 is 11.8 Å². The van der Waals surface area contributed by atoms with Gasteiger partial charge in [0, 0.05) is 16.5 Å². The monoisotopic (exact) mass is 531 g/mol. The lowest BCUT2D eigenvalue weighted by atomic mass is 9.66. The molecule has 3 aliphatic heterocycles. The van der Waals surface area contributed by atoms with Gasteiger partial charge in [0.05, 0.1) is 35.8 Å². The molecule has 1 spiro atoms. The average Bonchev–Trinajstić information content (AvgIpc) is 3.41. The van der Waals surface area contributed by atoms with Crippen LogP contribution in [0, 0.1) is 17.8 Å². The number of carbonyl (C=O) groups is 3. The van der Waals surface area contributed by atoms with E-state index in [1.807, 2.05) is 46.8 Å². The van der Waals surface area contributed by atoms with Gasteiger partial charge in [0.25, 0.3) is 0 Å². The Morgan fingerprint density at radius 2 is 1.84 bits per heavy atom. The third-order valence-electron chi connectivity index (χ3n) is 8.45. The lowest BCUT2D eigenvalue weighted by Crippen LogP contribution is -2.58. The molecule has 37 heavy (non-hydrogen) atoms. The zero-order valence-electron chi connectivity index (χ0n) is 22.7. The first-order chi connectivity index (χ1) is 17.5. The van der Waals surface area contributed by atoms with Gasteiger partial charge >= 0.3 is 0 Å². The van der Waals surface area contributed by atoms with E-state index in [2.05, 4.69) is 17.6 Å². The minimum Gasteiger partial charge on any atom is -0.494 e. The smallest absolute Gasteiger partial charge is 0.244 e. The molecule has 204 valence electrons. The summed E-state index contributed by atoms with van der Waals surface area (Å²) in [6, 6.07) is 5.92. The Hall–Kier alpha value is -2.26. The molecule has 1 aromatic rings. The van der Waals surface area contributed by atoms with E-state index in [0.29, 0.717) is 18.7 Å². The molecule has 3 N–H and O–H groups in total. The first-order valence-electron chi connectivity index (χ1n) is 13.5. The van der Waals surface area contributed by atoms with E-state index in [0.717, 1.165) is 18.6 Å². The summed E-state index contributed by atoms with van der Waals surface area (Å²) in [7, 11) is 0. The fraction of sp³-hybridized carbons (Fsp3) is 0.679. The van der Waals surface area contributed by atoms with Crippen molar-refractivity contribution in [3.63, 3.8) is 0 Å². The number of carbonyl (C=O) groups excluding carboxylic acids is 3. The van der Waals surface area contributed by atoms with Crippen LogP contribution in [0.25, 0.3) is 0 Å². The molecule has 9 heteroatoms. The summed E-state index contributed by atoms with van der Waals surface area (Å²) in [6.45, 7) is 12.1. The van der Waals surface area contributed by atoms with Gasteiger partial charge in [-0.3, -0.25) is 14.4 Å². The summed E-state index contributed by atoms with van der Waals surface area (Å²) in [6.07, 6.45) is 2.19. The van der Waals surface area contributed by atoms with Gasteiger partial charge in [-0.1, -0.05) is 20.3 Å². The topological polar surface area (TPSA) is 108 Å². The third-order valence-corrected chi connectivity index (χ3v) is 10.4. The van der Waals surface area contributed by atoms with Crippen molar-refractivity contribution in [3.8, 4) is 5.75 Å². The molecular formula is C28H41N3O5S. The molecule has 0 radical (unpaired) electrons. The highest BCUT2D eigenvalue weighted by atomic mass is 32.2. The number of aliphatic hydroxyl groups excluding tert-OH is 1. The average molecular weight is 532 g/mol. The van der Waals surface area contributed by atoms with Gasteiger partial charge in [0.1, 0.15) is 11.8 Å². The maximum absolute atomic E-state index is 14.2. The first-order valence-corrected chi connectivity index (χ1v) is 14.3. The highest BCUT2D eigenvalue weighted by Crippen LogP contribution is 2.71. The predicted octanol–water partition coefficient (Wildman–Crippen LogP) is 3.44. The Balaban J connectivity index is 1.71. The van der Waals surface area contributed by atoms with E-state index in [9.17, 15) is 19.5 Å². The second kappa shape index (κ2) is 10.5. The minimum absolute atomic E-state index is 0.00689. The number of rotatable bonds is 10. The van der Waals surface area contributed by atoms with E-state index in [-0.39, 0.29) is 36.3 Å². The van der Waals surface area contributed by atoms with Crippen LogP contribution in [0.2, 0.25) is 0 Å². The van der Waals surface area contributed by atoms with Crippen molar-refractivity contribution in [2.75, 3.05) is 18.5 Å². The van der Waals surface area contributed by atoms with E-state index in [1.165, 1.54) is 0 Å². The summed E-state index contributed by atoms with van der Waals surface area (Å²) in [5, 5.41) is 16.4. The Morgan fingerprint density at radius 1 is 1.16 bits per heavy atom. The zero-order valence-corrected chi connectivity index (χ0v) is 23.6. The molecule has 7 atom stereocenters. The maximum Gasteiger partial charge on any atom is 0.244 e. The number of aliphatic hydroxyl groups is 1. The molecule has 0 aliphatic carbocycles. The maximum atomic E-state index is 14.2. The van der Waals surface area contributed by atoms with Crippen LogP contribution in [0.15, 0.2) is 24.3 Å². The number of thioether (sulfide) groups is 1. The van der Waals surface area contributed by atoms with Crippen LogP contribution in [0.4, 0.5) is 5.69 Å². The molecule has 1 aromatic carbocycles. The van der Waals surface area contributed by atoms with Crippen molar-refractivity contribution < 1.29 is 24.2 Å². The van der Waals surface area contributed by atoms with Crippen molar-refractivity contribution in [2.24, 2.45) is 17.8 Å². The Kier molecular flexibility index (Phi) is 7.87. The summed E-state index contributed by atoms with van der Waals surface area (Å²) < 4.78 is 4.35. The fourth-order valence-electron chi connectivity index (χ4n) is 6.62. The van der Waals surface area contributed by atoms with Gasteiger partial charge in [0.2, 0.25) is 17.7 Å². The van der Waals surface area contributed by atoms with Crippen molar-refractivity contribution >= 4 is 35.2 Å². The Morgan fingerprint density at radius 3 is 2.41 bits per heavy atom. The highest BCUT2D eigenvalue weighted by Gasteiger charge is 2.77.